The Morgan fingerprint density at radius 1 is 1.21 bits per heavy atom. The number of likely N-dealkylation sites (tertiary alicyclic amines) is 1. The molecule has 110 valence electrons. The van der Waals surface area contributed by atoms with Crippen molar-refractivity contribution in [3.8, 4) is 0 Å². The molecule has 0 aromatic rings. The van der Waals surface area contributed by atoms with E-state index in [0.717, 1.165) is 25.9 Å². The Morgan fingerprint density at radius 2 is 1.89 bits per heavy atom. The summed E-state index contributed by atoms with van der Waals surface area (Å²) in [5, 5.41) is 0. The van der Waals surface area contributed by atoms with E-state index in [0.29, 0.717) is 17.9 Å². The molecule has 2 aliphatic rings. The quantitative estimate of drug-likeness (QED) is 0.795. The highest BCUT2D eigenvalue weighted by Gasteiger charge is 2.36. The summed E-state index contributed by atoms with van der Waals surface area (Å²) in [6.07, 6.45) is 5.85. The molecule has 1 aliphatic carbocycles. The van der Waals surface area contributed by atoms with Crippen molar-refractivity contribution in [2.75, 3.05) is 13.1 Å². The molecule has 0 aromatic carbocycles. The molecule has 1 heterocycles. The van der Waals surface area contributed by atoms with E-state index in [2.05, 4.69) is 0 Å². The van der Waals surface area contributed by atoms with Crippen LogP contribution in [0.25, 0.3) is 0 Å². The average molecular weight is 268 g/mol. The SMILES string of the molecule is CC(C)(C)OC(=O)N1CC[C@@H]([C@H]2CCCC[C@@H]2N)C1. The van der Waals surface area contributed by atoms with Gasteiger partial charge in [0, 0.05) is 19.1 Å². The van der Waals surface area contributed by atoms with Crippen LogP contribution in [0, 0.1) is 11.8 Å². The predicted molar refractivity (Wildman–Crippen MR) is 75.8 cm³/mol. The maximum absolute atomic E-state index is 12.0. The van der Waals surface area contributed by atoms with Gasteiger partial charge < -0.3 is 15.4 Å². The van der Waals surface area contributed by atoms with Crippen LogP contribution >= 0.6 is 0 Å². The standard InChI is InChI=1S/C15H28N2O2/c1-15(2,3)19-14(18)17-9-8-11(10-17)12-6-4-5-7-13(12)16/h11-13H,4-10,16H2,1-3H3/t11-,12-,13+/m1/s1. The zero-order valence-electron chi connectivity index (χ0n) is 12.5. The van der Waals surface area contributed by atoms with Crippen molar-refractivity contribution in [2.45, 2.75) is 64.5 Å². The number of ether oxygens (including phenoxy) is 1. The largest absolute Gasteiger partial charge is 0.444 e. The van der Waals surface area contributed by atoms with Gasteiger partial charge in [0.25, 0.3) is 0 Å². The summed E-state index contributed by atoms with van der Waals surface area (Å²) in [6, 6.07) is 0.331. The molecule has 2 N–H and O–H groups in total. The predicted octanol–water partition coefficient (Wildman–Crippen LogP) is 2.76. The van der Waals surface area contributed by atoms with E-state index < -0.39 is 5.60 Å². The lowest BCUT2D eigenvalue weighted by atomic mass is 9.76. The maximum Gasteiger partial charge on any atom is 0.410 e. The van der Waals surface area contributed by atoms with Crippen LogP contribution in [0.4, 0.5) is 4.79 Å². The molecule has 3 atom stereocenters. The lowest BCUT2D eigenvalue weighted by molar-refractivity contribution is 0.0279. The van der Waals surface area contributed by atoms with Crippen molar-refractivity contribution in [2.24, 2.45) is 17.6 Å². The van der Waals surface area contributed by atoms with Crippen molar-refractivity contribution < 1.29 is 9.53 Å². The van der Waals surface area contributed by atoms with E-state index in [1.54, 1.807) is 0 Å². The first kappa shape index (κ1) is 14.6. The Balaban J connectivity index is 1.87. The maximum atomic E-state index is 12.0. The molecular weight excluding hydrogens is 240 g/mol. The van der Waals surface area contributed by atoms with Gasteiger partial charge in [0.2, 0.25) is 0 Å². The molecule has 0 unspecified atom stereocenters. The number of rotatable bonds is 1. The van der Waals surface area contributed by atoms with E-state index in [-0.39, 0.29) is 6.09 Å². The van der Waals surface area contributed by atoms with Crippen molar-refractivity contribution in [1.82, 2.24) is 4.90 Å². The van der Waals surface area contributed by atoms with E-state index in [9.17, 15) is 4.79 Å². The molecular formula is C15H28N2O2. The minimum atomic E-state index is -0.406. The minimum Gasteiger partial charge on any atom is -0.444 e. The van der Waals surface area contributed by atoms with Crippen LogP contribution in [0.15, 0.2) is 0 Å². The lowest BCUT2D eigenvalue weighted by Gasteiger charge is -2.33. The van der Waals surface area contributed by atoms with Gasteiger partial charge in [-0.1, -0.05) is 12.8 Å². The third-order valence-corrected chi connectivity index (χ3v) is 4.36. The summed E-state index contributed by atoms with van der Waals surface area (Å²) in [4.78, 5) is 13.9. The normalized spacial score (nSPS) is 32.4. The van der Waals surface area contributed by atoms with Gasteiger partial charge >= 0.3 is 6.09 Å². The summed E-state index contributed by atoms with van der Waals surface area (Å²) in [5.41, 5.74) is 5.84. The first-order valence-corrected chi connectivity index (χ1v) is 7.60. The summed E-state index contributed by atoms with van der Waals surface area (Å²) in [5.74, 6) is 1.17. The minimum absolute atomic E-state index is 0.167. The van der Waals surface area contributed by atoms with Crippen molar-refractivity contribution in [1.29, 1.82) is 0 Å². The number of amides is 1. The van der Waals surface area contributed by atoms with Crippen LogP contribution < -0.4 is 5.73 Å². The molecule has 0 bridgehead atoms. The number of carbonyl (C=O) groups is 1. The number of nitrogens with two attached hydrogens (primary N) is 1. The van der Waals surface area contributed by atoms with E-state index in [1.807, 2.05) is 25.7 Å². The van der Waals surface area contributed by atoms with Crippen molar-refractivity contribution in [3.63, 3.8) is 0 Å². The van der Waals surface area contributed by atoms with Crippen LogP contribution in [0.1, 0.15) is 52.9 Å². The summed E-state index contributed by atoms with van der Waals surface area (Å²) in [7, 11) is 0. The highest BCUT2D eigenvalue weighted by atomic mass is 16.6. The fraction of sp³-hybridized carbons (Fsp3) is 0.933. The van der Waals surface area contributed by atoms with E-state index in [1.165, 1.54) is 19.3 Å². The second-order valence-electron chi connectivity index (χ2n) is 7.09. The molecule has 4 heteroatoms. The van der Waals surface area contributed by atoms with Gasteiger partial charge in [0.1, 0.15) is 5.60 Å². The fourth-order valence-electron chi connectivity index (χ4n) is 3.40. The summed E-state index contributed by atoms with van der Waals surface area (Å²) >= 11 is 0. The van der Waals surface area contributed by atoms with Gasteiger partial charge in [0.05, 0.1) is 0 Å². The van der Waals surface area contributed by atoms with Gasteiger partial charge in [-0.25, -0.2) is 4.79 Å². The van der Waals surface area contributed by atoms with Gasteiger partial charge in [-0.05, 0) is 51.9 Å². The van der Waals surface area contributed by atoms with Gasteiger partial charge in [-0.3, -0.25) is 0 Å². The Kier molecular flexibility index (Phi) is 4.39. The molecule has 0 spiro atoms. The topological polar surface area (TPSA) is 55.6 Å². The highest BCUT2D eigenvalue weighted by Crippen LogP contribution is 2.34. The number of hydrogen-bond donors (Lipinski definition) is 1. The Bertz CT molecular complexity index is 325. The Hall–Kier alpha value is -0.770. The Morgan fingerprint density at radius 3 is 2.53 bits per heavy atom. The summed E-state index contributed by atoms with van der Waals surface area (Å²) in [6.45, 7) is 7.39. The second-order valence-corrected chi connectivity index (χ2v) is 7.09. The number of carbonyl (C=O) groups excluding carboxylic acids is 1. The fourth-order valence-corrected chi connectivity index (χ4v) is 3.40. The Labute approximate surface area is 116 Å². The van der Waals surface area contributed by atoms with Crippen molar-refractivity contribution in [3.05, 3.63) is 0 Å². The molecule has 1 amide bonds. The van der Waals surface area contributed by atoms with Crippen LogP contribution in [0.2, 0.25) is 0 Å². The first-order chi connectivity index (χ1) is 8.87. The molecule has 0 radical (unpaired) electrons. The molecule has 2 fully saturated rings. The first-order valence-electron chi connectivity index (χ1n) is 7.60. The molecule has 1 saturated heterocycles. The molecule has 0 aromatic heterocycles. The third kappa shape index (κ3) is 3.85. The zero-order chi connectivity index (χ0) is 14.0. The molecule has 1 saturated carbocycles. The zero-order valence-corrected chi connectivity index (χ0v) is 12.5. The van der Waals surface area contributed by atoms with Crippen LogP contribution in [0.5, 0.6) is 0 Å². The molecule has 4 nitrogen and oxygen atoms in total. The van der Waals surface area contributed by atoms with Gasteiger partial charge in [-0.2, -0.15) is 0 Å². The van der Waals surface area contributed by atoms with Gasteiger partial charge in [-0.15, -0.1) is 0 Å². The van der Waals surface area contributed by atoms with E-state index in [4.69, 9.17) is 10.5 Å². The molecule has 19 heavy (non-hydrogen) atoms. The molecule has 1 aliphatic heterocycles. The third-order valence-electron chi connectivity index (χ3n) is 4.36. The van der Waals surface area contributed by atoms with Crippen LogP contribution in [-0.4, -0.2) is 35.7 Å². The second kappa shape index (κ2) is 5.70. The van der Waals surface area contributed by atoms with Crippen LogP contribution in [0.3, 0.4) is 0 Å². The average Bonchev–Trinajstić information content (AvgIpc) is 2.76. The van der Waals surface area contributed by atoms with E-state index >= 15 is 0 Å². The van der Waals surface area contributed by atoms with Gasteiger partial charge in [0.15, 0.2) is 0 Å². The summed E-state index contributed by atoms with van der Waals surface area (Å²) < 4.78 is 5.44. The lowest BCUT2D eigenvalue weighted by Crippen LogP contribution is -2.40. The number of hydrogen-bond acceptors (Lipinski definition) is 3. The van der Waals surface area contributed by atoms with Crippen molar-refractivity contribution >= 4 is 6.09 Å². The monoisotopic (exact) mass is 268 g/mol. The number of nitrogens with zero attached hydrogens (tertiary/aromatic N) is 1. The highest BCUT2D eigenvalue weighted by molar-refractivity contribution is 5.68. The molecule has 2 rings (SSSR count). The smallest absolute Gasteiger partial charge is 0.410 e. The van der Waals surface area contributed by atoms with Crippen LogP contribution in [-0.2, 0) is 4.74 Å².